The van der Waals surface area contributed by atoms with E-state index in [1.807, 2.05) is 24.3 Å². The Balaban J connectivity index is 1.59. The summed E-state index contributed by atoms with van der Waals surface area (Å²) >= 11 is 0. The molecule has 1 N–H and O–H groups in total. The molecule has 2 rings (SSSR count). The normalized spacial score (nSPS) is 22.0. The first-order chi connectivity index (χ1) is 10.2. The highest BCUT2D eigenvalue weighted by Gasteiger charge is 2.43. The van der Waals surface area contributed by atoms with E-state index in [0.29, 0.717) is 13.2 Å². The number of hydrogen-bond acceptors (Lipinski definition) is 4. The predicted molar refractivity (Wildman–Crippen MR) is 81.5 cm³/mol. The molecule has 0 amide bonds. The van der Waals surface area contributed by atoms with Crippen LogP contribution in [0.5, 0.6) is 5.75 Å². The van der Waals surface area contributed by atoms with Crippen LogP contribution in [0, 0.1) is 0 Å². The van der Waals surface area contributed by atoms with Gasteiger partial charge in [0.25, 0.3) is 0 Å². The molecule has 3 atom stereocenters. The summed E-state index contributed by atoms with van der Waals surface area (Å²) in [5.41, 5.74) is 1.11. The van der Waals surface area contributed by atoms with Gasteiger partial charge in [-0.3, -0.25) is 0 Å². The van der Waals surface area contributed by atoms with Gasteiger partial charge in [-0.15, -0.1) is 0 Å². The van der Waals surface area contributed by atoms with Crippen molar-refractivity contribution < 1.29 is 19.3 Å². The lowest BCUT2D eigenvalue weighted by atomic mass is 10.1. The SMILES string of the molecule is CCCCC[C@H](O)[C@@H]1O[C@H]1COCc1ccc(OC)cc1. The molecule has 1 aliphatic heterocycles. The van der Waals surface area contributed by atoms with Gasteiger partial charge in [0, 0.05) is 0 Å². The standard InChI is InChI=1S/C17H26O4/c1-3-4-5-6-15(18)17-16(21-17)12-20-11-13-7-9-14(19-2)10-8-13/h7-10,15-18H,3-6,11-12H2,1-2H3/t15-,16-,17-/m0/s1. The Bertz CT molecular complexity index is 404. The summed E-state index contributed by atoms with van der Waals surface area (Å²) in [6, 6.07) is 7.83. The number of rotatable bonds is 10. The zero-order valence-corrected chi connectivity index (χ0v) is 13.0. The fourth-order valence-corrected chi connectivity index (χ4v) is 2.41. The monoisotopic (exact) mass is 294 g/mol. The van der Waals surface area contributed by atoms with Crippen LogP contribution in [0.2, 0.25) is 0 Å². The highest BCUT2D eigenvalue weighted by molar-refractivity contribution is 5.26. The highest BCUT2D eigenvalue weighted by atomic mass is 16.6. The zero-order chi connectivity index (χ0) is 15.1. The van der Waals surface area contributed by atoms with E-state index in [1.54, 1.807) is 7.11 Å². The molecule has 4 heteroatoms. The summed E-state index contributed by atoms with van der Waals surface area (Å²) in [5.74, 6) is 0.847. The lowest BCUT2D eigenvalue weighted by Crippen LogP contribution is -2.18. The molecule has 1 aliphatic rings. The lowest BCUT2D eigenvalue weighted by Gasteiger charge is -2.07. The van der Waals surface area contributed by atoms with E-state index in [2.05, 4.69) is 6.92 Å². The number of epoxide rings is 1. The second-order valence-electron chi connectivity index (χ2n) is 5.57. The van der Waals surface area contributed by atoms with Crippen LogP contribution >= 0.6 is 0 Å². The summed E-state index contributed by atoms with van der Waals surface area (Å²) < 4.78 is 16.2. The molecule has 0 spiro atoms. The van der Waals surface area contributed by atoms with Crippen LogP contribution in [0.1, 0.15) is 38.2 Å². The molecule has 118 valence electrons. The molecule has 21 heavy (non-hydrogen) atoms. The topological polar surface area (TPSA) is 51.2 Å². The Labute approximate surface area is 127 Å². The summed E-state index contributed by atoms with van der Waals surface area (Å²) in [5, 5.41) is 9.97. The molecule has 1 saturated heterocycles. The van der Waals surface area contributed by atoms with E-state index in [4.69, 9.17) is 14.2 Å². The lowest BCUT2D eigenvalue weighted by molar-refractivity contribution is 0.104. The number of unbranched alkanes of at least 4 members (excludes halogenated alkanes) is 2. The molecule has 0 unspecified atom stereocenters. The molecule has 0 bridgehead atoms. The summed E-state index contributed by atoms with van der Waals surface area (Å²) in [4.78, 5) is 0. The molecule has 0 aliphatic carbocycles. The van der Waals surface area contributed by atoms with Gasteiger partial charge in [0.15, 0.2) is 0 Å². The van der Waals surface area contributed by atoms with E-state index in [0.717, 1.165) is 24.2 Å². The van der Waals surface area contributed by atoms with Crippen molar-refractivity contribution in [1.29, 1.82) is 0 Å². The minimum absolute atomic E-state index is 0.0299. The number of aliphatic hydroxyl groups excluding tert-OH is 1. The molecule has 0 saturated carbocycles. The quantitative estimate of drug-likeness (QED) is 0.532. The Hall–Kier alpha value is -1.10. The summed E-state index contributed by atoms with van der Waals surface area (Å²) in [6.45, 7) is 3.26. The van der Waals surface area contributed by atoms with Gasteiger partial charge in [-0.25, -0.2) is 0 Å². The fourth-order valence-electron chi connectivity index (χ4n) is 2.41. The highest BCUT2D eigenvalue weighted by Crippen LogP contribution is 2.28. The fraction of sp³-hybridized carbons (Fsp3) is 0.647. The van der Waals surface area contributed by atoms with Gasteiger partial charge in [0.05, 0.1) is 26.4 Å². The first-order valence-electron chi connectivity index (χ1n) is 7.78. The van der Waals surface area contributed by atoms with E-state index in [-0.39, 0.29) is 18.3 Å². The molecule has 1 aromatic rings. The van der Waals surface area contributed by atoms with Crippen LogP contribution in [0.15, 0.2) is 24.3 Å². The molecule has 0 aromatic heterocycles. The van der Waals surface area contributed by atoms with Crippen molar-refractivity contribution in [2.45, 2.75) is 57.5 Å². The van der Waals surface area contributed by atoms with Crippen LogP contribution in [-0.2, 0) is 16.1 Å². The van der Waals surface area contributed by atoms with Gasteiger partial charge in [0.2, 0.25) is 0 Å². The van der Waals surface area contributed by atoms with Crippen molar-refractivity contribution in [3.63, 3.8) is 0 Å². The maximum atomic E-state index is 9.97. The van der Waals surface area contributed by atoms with Crippen LogP contribution < -0.4 is 4.74 Å². The van der Waals surface area contributed by atoms with Gasteiger partial charge >= 0.3 is 0 Å². The third kappa shape index (κ3) is 5.30. The van der Waals surface area contributed by atoms with Gasteiger partial charge in [0.1, 0.15) is 18.0 Å². The minimum atomic E-state index is -0.342. The van der Waals surface area contributed by atoms with Crippen LogP contribution in [-0.4, -0.2) is 37.1 Å². The Kier molecular flexibility index (Phi) is 6.49. The van der Waals surface area contributed by atoms with Gasteiger partial charge in [-0.2, -0.15) is 0 Å². The van der Waals surface area contributed by atoms with Crippen molar-refractivity contribution in [3.05, 3.63) is 29.8 Å². The maximum Gasteiger partial charge on any atom is 0.118 e. The number of aliphatic hydroxyl groups is 1. The number of methoxy groups -OCH3 is 1. The zero-order valence-electron chi connectivity index (χ0n) is 13.0. The average molecular weight is 294 g/mol. The van der Waals surface area contributed by atoms with Crippen LogP contribution in [0.3, 0.4) is 0 Å². The van der Waals surface area contributed by atoms with E-state index < -0.39 is 0 Å². The van der Waals surface area contributed by atoms with E-state index >= 15 is 0 Å². The molecule has 0 radical (unpaired) electrons. The largest absolute Gasteiger partial charge is 0.497 e. The van der Waals surface area contributed by atoms with Gasteiger partial charge in [-0.05, 0) is 24.1 Å². The molecular weight excluding hydrogens is 268 g/mol. The summed E-state index contributed by atoms with van der Waals surface area (Å²) in [7, 11) is 1.65. The molecule has 1 aromatic carbocycles. The minimum Gasteiger partial charge on any atom is -0.497 e. The maximum absolute atomic E-state index is 9.97. The van der Waals surface area contributed by atoms with Crippen LogP contribution in [0.25, 0.3) is 0 Å². The smallest absolute Gasteiger partial charge is 0.118 e. The van der Waals surface area contributed by atoms with Gasteiger partial charge in [-0.1, -0.05) is 38.3 Å². The Morgan fingerprint density at radius 2 is 2.00 bits per heavy atom. The second-order valence-corrected chi connectivity index (χ2v) is 5.57. The number of benzene rings is 1. The third-order valence-corrected chi connectivity index (χ3v) is 3.81. The molecule has 1 fully saturated rings. The van der Waals surface area contributed by atoms with Crippen molar-refractivity contribution in [3.8, 4) is 5.75 Å². The predicted octanol–water partition coefficient (Wildman–Crippen LogP) is 2.92. The molecule has 1 heterocycles. The number of hydrogen-bond donors (Lipinski definition) is 1. The first-order valence-corrected chi connectivity index (χ1v) is 7.78. The Morgan fingerprint density at radius 3 is 2.67 bits per heavy atom. The number of ether oxygens (including phenoxy) is 3. The molecule has 4 nitrogen and oxygen atoms in total. The third-order valence-electron chi connectivity index (χ3n) is 3.81. The van der Waals surface area contributed by atoms with Crippen molar-refractivity contribution in [2.75, 3.05) is 13.7 Å². The first kappa shape index (κ1) is 16.3. The van der Waals surface area contributed by atoms with Gasteiger partial charge < -0.3 is 19.3 Å². The van der Waals surface area contributed by atoms with E-state index in [1.165, 1.54) is 12.8 Å². The average Bonchev–Trinajstić information content (AvgIpc) is 3.28. The van der Waals surface area contributed by atoms with Crippen LogP contribution in [0.4, 0.5) is 0 Å². The second kappa shape index (κ2) is 8.37. The van der Waals surface area contributed by atoms with Crippen molar-refractivity contribution in [1.82, 2.24) is 0 Å². The van der Waals surface area contributed by atoms with E-state index in [9.17, 15) is 5.11 Å². The summed E-state index contributed by atoms with van der Waals surface area (Å²) in [6.07, 6.45) is 3.92. The van der Waals surface area contributed by atoms with Crippen molar-refractivity contribution >= 4 is 0 Å². The van der Waals surface area contributed by atoms with Crippen molar-refractivity contribution in [2.24, 2.45) is 0 Å². The Morgan fingerprint density at radius 1 is 1.24 bits per heavy atom. The molecular formula is C17H26O4.